The van der Waals surface area contributed by atoms with Crippen LogP contribution in [-0.4, -0.2) is 14.5 Å². The predicted octanol–water partition coefficient (Wildman–Crippen LogP) is 14.4. The number of hydrogen-bond acceptors (Lipinski definition) is 3. The molecule has 57 heavy (non-hydrogen) atoms. The highest BCUT2D eigenvalue weighted by Crippen LogP contribution is 2.50. The number of aromatic nitrogens is 3. The zero-order valence-corrected chi connectivity index (χ0v) is 32.3. The van der Waals surface area contributed by atoms with Gasteiger partial charge in [0, 0.05) is 58.6 Å². The SMILES string of the molecule is CC1(C)c2ccccc2-c2ccc(-c3nc(-c4ccc(-n5c6ccccc6c6ccc(-c7ccc8sc9ccccc9c8c7)cc65)cc4)nc4ccccc34)cc21. The van der Waals surface area contributed by atoms with E-state index in [1.165, 1.54) is 75.4 Å². The Balaban J connectivity index is 0.968. The smallest absolute Gasteiger partial charge is 0.160 e. The van der Waals surface area contributed by atoms with Crippen LogP contribution in [0.2, 0.25) is 0 Å². The molecule has 0 saturated heterocycles. The van der Waals surface area contributed by atoms with Crippen LogP contribution in [0, 0.1) is 0 Å². The number of thiophene rings is 1. The third-order valence-corrected chi connectivity index (χ3v) is 13.4. The standard InChI is InChI=1S/C53H35N3S/c1-53(2)44-15-7-3-11-37(44)38-26-22-35(30-45(38)53)51-42-14-4-8-16-46(42)54-52(55-51)32-19-24-36(25-20-32)56-47-17-9-5-12-39(47)40-27-21-34(31-48(40)56)33-23-28-50-43(29-33)41-13-6-10-18-49(41)57-50/h3-31H,1-2H3. The average molecular weight is 746 g/mol. The molecule has 0 amide bonds. The zero-order chi connectivity index (χ0) is 37.8. The molecule has 3 heterocycles. The minimum Gasteiger partial charge on any atom is -0.309 e. The van der Waals surface area contributed by atoms with E-state index in [-0.39, 0.29) is 5.41 Å². The Morgan fingerprint density at radius 3 is 1.98 bits per heavy atom. The molecule has 4 heteroatoms. The molecule has 11 aromatic rings. The molecular weight excluding hydrogens is 711 g/mol. The van der Waals surface area contributed by atoms with Crippen LogP contribution in [0.15, 0.2) is 176 Å². The number of rotatable bonds is 4. The van der Waals surface area contributed by atoms with Crippen molar-refractivity contribution in [2.45, 2.75) is 19.3 Å². The van der Waals surface area contributed by atoms with Crippen molar-refractivity contribution in [2.24, 2.45) is 0 Å². The Hall–Kier alpha value is -6.88. The number of hydrogen-bond donors (Lipinski definition) is 0. The molecule has 1 aliphatic rings. The molecule has 1 aliphatic carbocycles. The zero-order valence-electron chi connectivity index (χ0n) is 31.5. The minimum atomic E-state index is -0.0937. The van der Waals surface area contributed by atoms with E-state index in [1.54, 1.807) is 0 Å². The molecule has 0 spiro atoms. The molecule has 3 nitrogen and oxygen atoms in total. The Kier molecular flexibility index (Phi) is 6.85. The second kappa shape index (κ2) is 12.1. The third kappa shape index (κ3) is 4.84. The minimum absolute atomic E-state index is 0.0937. The van der Waals surface area contributed by atoms with Crippen molar-refractivity contribution in [3.63, 3.8) is 0 Å². The fourth-order valence-electron chi connectivity index (χ4n) is 9.37. The van der Waals surface area contributed by atoms with Gasteiger partial charge < -0.3 is 4.57 Å². The van der Waals surface area contributed by atoms with Crippen LogP contribution in [0.3, 0.4) is 0 Å². The largest absolute Gasteiger partial charge is 0.309 e. The van der Waals surface area contributed by atoms with Crippen LogP contribution in [0.5, 0.6) is 0 Å². The Labute approximate surface area is 334 Å². The Morgan fingerprint density at radius 1 is 0.439 bits per heavy atom. The Bertz CT molecular complexity index is 3440. The van der Waals surface area contributed by atoms with Gasteiger partial charge in [-0.3, -0.25) is 0 Å². The molecule has 8 aromatic carbocycles. The van der Waals surface area contributed by atoms with E-state index < -0.39 is 0 Å². The van der Waals surface area contributed by atoms with Crippen molar-refractivity contribution < 1.29 is 0 Å². The van der Waals surface area contributed by atoms with Gasteiger partial charge in [-0.2, -0.15) is 0 Å². The highest BCUT2D eigenvalue weighted by molar-refractivity contribution is 7.25. The van der Waals surface area contributed by atoms with Gasteiger partial charge in [0.15, 0.2) is 5.82 Å². The molecule has 0 saturated carbocycles. The molecule has 268 valence electrons. The van der Waals surface area contributed by atoms with Crippen molar-refractivity contribution in [3.05, 3.63) is 187 Å². The summed E-state index contributed by atoms with van der Waals surface area (Å²) in [7, 11) is 0. The second-order valence-corrected chi connectivity index (χ2v) is 16.9. The van der Waals surface area contributed by atoms with Gasteiger partial charge in [-0.05, 0) is 100 Å². The van der Waals surface area contributed by atoms with Crippen molar-refractivity contribution >= 4 is 64.2 Å². The maximum absolute atomic E-state index is 5.32. The molecule has 0 N–H and O–H groups in total. The van der Waals surface area contributed by atoms with Gasteiger partial charge in [0.25, 0.3) is 0 Å². The summed E-state index contributed by atoms with van der Waals surface area (Å²) in [5.74, 6) is 0.721. The van der Waals surface area contributed by atoms with Crippen LogP contribution in [-0.2, 0) is 5.41 Å². The van der Waals surface area contributed by atoms with Gasteiger partial charge in [-0.15, -0.1) is 11.3 Å². The lowest BCUT2D eigenvalue weighted by molar-refractivity contribution is 0.660. The molecular formula is C53H35N3S. The first kappa shape index (κ1) is 32.4. The monoisotopic (exact) mass is 745 g/mol. The fourth-order valence-corrected chi connectivity index (χ4v) is 10.5. The van der Waals surface area contributed by atoms with Gasteiger partial charge in [0.2, 0.25) is 0 Å². The number of fused-ring (bicyclic) bond motifs is 10. The summed E-state index contributed by atoms with van der Waals surface area (Å²) in [6.07, 6.45) is 0. The molecule has 0 aliphatic heterocycles. The first-order chi connectivity index (χ1) is 28.0. The molecule has 3 aromatic heterocycles. The van der Waals surface area contributed by atoms with Crippen molar-refractivity contribution in [1.82, 2.24) is 14.5 Å². The van der Waals surface area contributed by atoms with Crippen LogP contribution in [0.4, 0.5) is 0 Å². The molecule has 12 rings (SSSR count). The van der Waals surface area contributed by atoms with E-state index >= 15 is 0 Å². The molecule has 0 atom stereocenters. The quantitative estimate of drug-likeness (QED) is 0.180. The second-order valence-electron chi connectivity index (χ2n) is 15.8. The summed E-state index contributed by atoms with van der Waals surface area (Å²) in [5.41, 5.74) is 15.1. The topological polar surface area (TPSA) is 30.7 Å². The van der Waals surface area contributed by atoms with Gasteiger partial charge in [-0.1, -0.05) is 123 Å². The Morgan fingerprint density at radius 2 is 1.09 bits per heavy atom. The maximum atomic E-state index is 5.32. The van der Waals surface area contributed by atoms with Crippen molar-refractivity contribution in [2.75, 3.05) is 0 Å². The highest BCUT2D eigenvalue weighted by Gasteiger charge is 2.35. The summed E-state index contributed by atoms with van der Waals surface area (Å²) < 4.78 is 5.04. The van der Waals surface area contributed by atoms with E-state index in [1.807, 2.05) is 11.3 Å². The molecule has 0 radical (unpaired) electrons. The lowest BCUT2D eigenvalue weighted by Gasteiger charge is -2.22. The lowest BCUT2D eigenvalue weighted by Crippen LogP contribution is -2.14. The summed E-state index contributed by atoms with van der Waals surface area (Å²) in [6, 6.07) is 64.1. The molecule has 0 bridgehead atoms. The molecule has 0 unspecified atom stereocenters. The summed E-state index contributed by atoms with van der Waals surface area (Å²) in [4.78, 5) is 10.4. The van der Waals surface area contributed by atoms with Crippen LogP contribution in [0.25, 0.3) is 103 Å². The summed E-state index contributed by atoms with van der Waals surface area (Å²) in [6.45, 7) is 4.66. The van der Waals surface area contributed by atoms with Crippen molar-refractivity contribution in [3.8, 4) is 50.6 Å². The van der Waals surface area contributed by atoms with Gasteiger partial charge >= 0.3 is 0 Å². The van der Waals surface area contributed by atoms with E-state index in [2.05, 4.69) is 194 Å². The van der Waals surface area contributed by atoms with E-state index in [0.29, 0.717) is 0 Å². The van der Waals surface area contributed by atoms with E-state index in [9.17, 15) is 0 Å². The van der Waals surface area contributed by atoms with Gasteiger partial charge in [0.05, 0.1) is 22.2 Å². The highest BCUT2D eigenvalue weighted by atomic mass is 32.1. The maximum Gasteiger partial charge on any atom is 0.160 e. The number of benzene rings is 8. The lowest BCUT2D eigenvalue weighted by atomic mass is 9.82. The number of para-hydroxylation sites is 2. The fraction of sp³-hybridized carbons (Fsp3) is 0.0566. The normalized spacial score (nSPS) is 13.2. The van der Waals surface area contributed by atoms with Crippen LogP contribution < -0.4 is 0 Å². The third-order valence-electron chi connectivity index (χ3n) is 12.2. The first-order valence-corrected chi connectivity index (χ1v) is 20.4. The predicted molar refractivity (Wildman–Crippen MR) is 241 cm³/mol. The van der Waals surface area contributed by atoms with Gasteiger partial charge in [-0.25, -0.2) is 9.97 Å². The molecule has 0 fully saturated rings. The van der Waals surface area contributed by atoms with Crippen LogP contribution in [0.1, 0.15) is 25.0 Å². The van der Waals surface area contributed by atoms with E-state index in [4.69, 9.17) is 9.97 Å². The summed E-state index contributed by atoms with van der Waals surface area (Å²) in [5, 5.41) is 6.17. The summed E-state index contributed by atoms with van der Waals surface area (Å²) >= 11 is 1.86. The van der Waals surface area contributed by atoms with E-state index in [0.717, 1.165) is 39.2 Å². The van der Waals surface area contributed by atoms with Crippen LogP contribution >= 0.6 is 11.3 Å². The van der Waals surface area contributed by atoms with Gasteiger partial charge in [0.1, 0.15) is 0 Å². The van der Waals surface area contributed by atoms with Crippen molar-refractivity contribution in [1.29, 1.82) is 0 Å². The first-order valence-electron chi connectivity index (χ1n) is 19.6. The average Bonchev–Trinajstić information content (AvgIpc) is 3.88. The number of nitrogens with zero attached hydrogens (tertiary/aromatic N) is 3.